The molecule has 0 aliphatic heterocycles. The molecule has 0 aromatic heterocycles. The summed E-state index contributed by atoms with van der Waals surface area (Å²) < 4.78 is 0. The predicted molar refractivity (Wildman–Crippen MR) is 79.4 cm³/mol. The summed E-state index contributed by atoms with van der Waals surface area (Å²) in [5, 5.41) is 11.7. The third-order valence-electron chi connectivity index (χ3n) is 3.18. The number of likely N-dealkylation sites (N-methyl/N-ethyl adjacent to an activating group) is 1. The molecule has 0 radical (unpaired) electrons. The molecule has 1 amide bonds. The van der Waals surface area contributed by atoms with Crippen molar-refractivity contribution in [3.63, 3.8) is 0 Å². The Labute approximate surface area is 123 Å². The zero-order chi connectivity index (χ0) is 16.0. The van der Waals surface area contributed by atoms with Gasteiger partial charge >= 0.3 is 5.97 Å². The topological polar surface area (TPSA) is 86.7 Å². The molecular weight excluding hydrogens is 272 g/mol. The summed E-state index contributed by atoms with van der Waals surface area (Å²) in [7, 11) is 1.58. The highest BCUT2D eigenvalue weighted by Gasteiger charge is 2.22. The van der Waals surface area contributed by atoms with Gasteiger partial charge in [-0.15, -0.1) is 0 Å². The molecule has 0 spiro atoms. The van der Waals surface area contributed by atoms with Crippen LogP contribution in [0.5, 0.6) is 0 Å². The lowest BCUT2D eigenvalue weighted by molar-refractivity contribution is -0.143. The standard InChI is InChI=1S/C15H20N2O4/c1-4-13(15(20)21)17(3)9-14(19)16-12-8-6-5-7-11(12)10(2)18/h5-8,13H,4,9H2,1-3H3,(H,16,19)(H,20,21). The van der Waals surface area contributed by atoms with Gasteiger partial charge < -0.3 is 10.4 Å². The maximum absolute atomic E-state index is 12.0. The number of carboxylic acids is 1. The first-order valence-electron chi connectivity index (χ1n) is 6.69. The number of Topliss-reactive ketones (excluding diaryl/α,β-unsaturated/α-hetero) is 1. The second-order valence-electron chi connectivity index (χ2n) is 4.83. The Kier molecular flexibility index (Phi) is 6.05. The molecule has 1 rings (SSSR count). The number of nitrogens with zero attached hydrogens (tertiary/aromatic N) is 1. The van der Waals surface area contributed by atoms with Crippen molar-refractivity contribution in [3.05, 3.63) is 29.8 Å². The molecule has 0 bridgehead atoms. The molecule has 21 heavy (non-hydrogen) atoms. The molecule has 0 aliphatic rings. The van der Waals surface area contributed by atoms with Gasteiger partial charge in [0.1, 0.15) is 6.04 Å². The van der Waals surface area contributed by atoms with Crippen LogP contribution in [0.2, 0.25) is 0 Å². The van der Waals surface area contributed by atoms with Gasteiger partial charge in [-0.05, 0) is 32.5 Å². The van der Waals surface area contributed by atoms with Crippen LogP contribution in [0.25, 0.3) is 0 Å². The summed E-state index contributed by atoms with van der Waals surface area (Å²) in [6.07, 6.45) is 0.406. The number of hydrogen-bond acceptors (Lipinski definition) is 4. The van der Waals surface area contributed by atoms with Gasteiger partial charge in [0.15, 0.2) is 5.78 Å². The summed E-state index contributed by atoms with van der Waals surface area (Å²) in [5.41, 5.74) is 0.866. The van der Waals surface area contributed by atoms with E-state index in [1.165, 1.54) is 11.8 Å². The molecule has 0 fully saturated rings. The molecular formula is C15H20N2O4. The van der Waals surface area contributed by atoms with E-state index in [2.05, 4.69) is 5.32 Å². The highest BCUT2D eigenvalue weighted by Crippen LogP contribution is 2.15. The van der Waals surface area contributed by atoms with E-state index in [0.717, 1.165) is 0 Å². The van der Waals surface area contributed by atoms with E-state index in [4.69, 9.17) is 5.11 Å². The average Bonchev–Trinajstić information content (AvgIpc) is 2.38. The molecule has 1 unspecified atom stereocenters. The number of anilines is 1. The minimum atomic E-state index is -0.961. The molecule has 0 saturated heterocycles. The van der Waals surface area contributed by atoms with Gasteiger partial charge in [0.2, 0.25) is 5.91 Å². The van der Waals surface area contributed by atoms with Gasteiger partial charge in [-0.3, -0.25) is 19.3 Å². The third kappa shape index (κ3) is 4.68. The number of nitrogens with one attached hydrogen (secondary N) is 1. The van der Waals surface area contributed by atoms with Crippen molar-refractivity contribution < 1.29 is 19.5 Å². The molecule has 0 aliphatic carbocycles. The summed E-state index contributed by atoms with van der Waals surface area (Å²) in [4.78, 5) is 36.0. The number of aliphatic carboxylic acids is 1. The van der Waals surface area contributed by atoms with Crippen LogP contribution in [0.15, 0.2) is 24.3 Å². The maximum Gasteiger partial charge on any atom is 0.320 e. The van der Waals surface area contributed by atoms with E-state index in [1.54, 1.807) is 38.2 Å². The first-order chi connectivity index (χ1) is 9.86. The Morgan fingerprint density at radius 3 is 2.43 bits per heavy atom. The van der Waals surface area contributed by atoms with Crippen molar-refractivity contribution in [3.8, 4) is 0 Å². The largest absolute Gasteiger partial charge is 0.480 e. The van der Waals surface area contributed by atoms with Crippen LogP contribution >= 0.6 is 0 Å². The second kappa shape index (κ2) is 7.54. The predicted octanol–water partition coefficient (Wildman–Crippen LogP) is 1.62. The number of hydrogen-bond donors (Lipinski definition) is 2. The minimum absolute atomic E-state index is 0.0585. The number of carbonyl (C=O) groups is 3. The van der Waals surface area contributed by atoms with Crippen LogP contribution in [-0.2, 0) is 9.59 Å². The Balaban J connectivity index is 2.74. The maximum atomic E-state index is 12.0. The second-order valence-corrected chi connectivity index (χ2v) is 4.83. The summed E-state index contributed by atoms with van der Waals surface area (Å²) >= 11 is 0. The summed E-state index contributed by atoms with van der Waals surface area (Å²) in [6, 6.07) is 6.00. The molecule has 6 nitrogen and oxygen atoms in total. The number of benzene rings is 1. The Morgan fingerprint density at radius 2 is 1.90 bits per heavy atom. The van der Waals surface area contributed by atoms with Crippen LogP contribution < -0.4 is 5.32 Å². The quantitative estimate of drug-likeness (QED) is 0.746. The fourth-order valence-corrected chi connectivity index (χ4v) is 2.10. The van der Waals surface area contributed by atoms with Crippen molar-refractivity contribution in [1.82, 2.24) is 4.90 Å². The van der Waals surface area contributed by atoms with Crippen molar-refractivity contribution >= 4 is 23.3 Å². The smallest absolute Gasteiger partial charge is 0.320 e. The van der Waals surface area contributed by atoms with Crippen LogP contribution in [0.4, 0.5) is 5.69 Å². The summed E-state index contributed by atoms with van der Waals surface area (Å²) in [5.74, 6) is -1.46. The van der Waals surface area contributed by atoms with Crippen molar-refractivity contribution in [2.75, 3.05) is 18.9 Å². The fraction of sp³-hybridized carbons (Fsp3) is 0.400. The first kappa shape index (κ1) is 16.8. The number of para-hydroxylation sites is 1. The average molecular weight is 292 g/mol. The third-order valence-corrected chi connectivity index (χ3v) is 3.18. The Bertz CT molecular complexity index is 542. The monoisotopic (exact) mass is 292 g/mol. The van der Waals surface area contributed by atoms with Gasteiger partial charge in [-0.1, -0.05) is 19.1 Å². The van der Waals surface area contributed by atoms with E-state index >= 15 is 0 Å². The molecule has 6 heteroatoms. The minimum Gasteiger partial charge on any atom is -0.480 e. The lowest BCUT2D eigenvalue weighted by Crippen LogP contribution is -2.42. The van der Waals surface area contributed by atoms with E-state index in [0.29, 0.717) is 17.7 Å². The normalized spacial score (nSPS) is 12.0. The number of amides is 1. The zero-order valence-electron chi connectivity index (χ0n) is 12.4. The molecule has 0 saturated carbocycles. The van der Waals surface area contributed by atoms with Gasteiger partial charge in [-0.25, -0.2) is 0 Å². The first-order valence-corrected chi connectivity index (χ1v) is 6.69. The van der Waals surface area contributed by atoms with Gasteiger partial charge in [0.25, 0.3) is 0 Å². The number of ketones is 1. The van der Waals surface area contributed by atoms with Crippen LogP contribution in [0.1, 0.15) is 30.6 Å². The fourth-order valence-electron chi connectivity index (χ4n) is 2.10. The van der Waals surface area contributed by atoms with Crippen LogP contribution in [0, 0.1) is 0 Å². The Morgan fingerprint density at radius 1 is 1.29 bits per heavy atom. The van der Waals surface area contributed by atoms with Crippen LogP contribution in [0.3, 0.4) is 0 Å². The van der Waals surface area contributed by atoms with Gasteiger partial charge in [0.05, 0.1) is 12.2 Å². The molecule has 1 aromatic rings. The van der Waals surface area contributed by atoms with E-state index in [-0.39, 0.29) is 18.2 Å². The van der Waals surface area contributed by atoms with Crippen molar-refractivity contribution in [1.29, 1.82) is 0 Å². The summed E-state index contributed by atoms with van der Waals surface area (Å²) in [6.45, 7) is 3.12. The highest BCUT2D eigenvalue weighted by molar-refractivity contribution is 6.04. The number of carbonyl (C=O) groups excluding carboxylic acids is 2. The van der Waals surface area contributed by atoms with E-state index < -0.39 is 12.0 Å². The van der Waals surface area contributed by atoms with Gasteiger partial charge in [-0.2, -0.15) is 0 Å². The van der Waals surface area contributed by atoms with E-state index in [1.807, 2.05) is 0 Å². The van der Waals surface area contributed by atoms with E-state index in [9.17, 15) is 14.4 Å². The SMILES string of the molecule is CCC(C(=O)O)N(C)CC(=O)Nc1ccccc1C(C)=O. The van der Waals surface area contributed by atoms with Crippen LogP contribution in [-0.4, -0.2) is 47.3 Å². The molecule has 2 N–H and O–H groups in total. The number of carboxylic acid groups (broad SMARTS) is 1. The molecule has 0 heterocycles. The molecule has 114 valence electrons. The lowest BCUT2D eigenvalue weighted by atomic mass is 10.1. The highest BCUT2D eigenvalue weighted by atomic mass is 16.4. The number of rotatable bonds is 7. The molecule has 1 aromatic carbocycles. The van der Waals surface area contributed by atoms with Crippen molar-refractivity contribution in [2.24, 2.45) is 0 Å². The zero-order valence-corrected chi connectivity index (χ0v) is 12.4. The van der Waals surface area contributed by atoms with Gasteiger partial charge in [0, 0.05) is 5.56 Å². The Hall–Kier alpha value is -2.21. The van der Waals surface area contributed by atoms with Crippen molar-refractivity contribution in [2.45, 2.75) is 26.3 Å². The lowest BCUT2D eigenvalue weighted by Gasteiger charge is -2.22. The molecule has 1 atom stereocenters.